The van der Waals surface area contributed by atoms with Crippen molar-refractivity contribution in [1.29, 1.82) is 0 Å². The summed E-state index contributed by atoms with van der Waals surface area (Å²) in [5.74, 6) is 6.87. The van der Waals surface area contributed by atoms with Crippen LogP contribution >= 0.6 is 0 Å². The molecule has 8 rings (SSSR count). The molecule has 0 amide bonds. The molecule has 0 aromatic carbocycles. The van der Waals surface area contributed by atoms with E-state index in [-0.39, 0.29) is 6.28 Å². The summed E-state index contributed by atoms with van der Waals surface area (Å²) in [5.41, 5.74) is 0. The van der Waals surface area contributed by atoms with Gasteiger partial charge in [-0.05, 0) is 26.2 Å². The molecule has 2 aliphatic carbocycles. The number of hydrogen-bond acceptors (Lipinski definition) is 0. The van der Waals surface area contributed by atoms with Gasteiger partial charge in [0.05, 0.1) is 0 Å². The van der Waals surface area contributed by atoms with Crippen molar-refractivity contribution in [2.24, 2.45) is 35.5 Å². The molecule has 6 aliphatic heterocycles. The summed E-state index contributed by atoms with van der Waals surface area (Å²) in [6, 6.07) is 1.04. The van der Waals surface area contributed by atoms with Crippen LogP contribution in [0, 0.1) is 35.5 Å². The molecule has 8 aliphatic rings. The smallest absolute Gasteiger partial charge is 0.210 e. The zero-order chi connectivity index (χ0) is 13.8. The Kier molecular flexibility index (Phi) is 2.22. The normalized spacial score (nSPS) is 67.0. The second kappa shape index (κ2) is 3.74. The van der Waals surface area contributed by atoms with Gasteiger partial charge in [-0.15, -0.1) is 19.0 Å². The van der Waals surface area contributed by atoms with E-state index in [0.717, 1.165) is 41.5 Å². The molecular weight excluding hydrogens is 253 g/mol. The number of rotatable bonds is 1. The van der Waals surface area contributed by atoms with Crippen molar-refractivity contribution in [2.45, 2.75) is 70.5 Å². The molecular formula is C19H32BN. The maximum atomic E-state index is 2.70. The van der Waals surface area contributed by atoms with Crippen LogP contribution in [0.3, 0.4) is 0 Å². The van der Waals surface area contributed by atoms with E-state index in [0.29, 0.717) is 0 Å². The van der Waals surface area contributed by atoms with Crippen molar-refractivity contribution in [3.8, 4) is 0 Å². The molecule has 6 heterocycles. The second-order valence-corrected chi connectivity index (χ2v) is 10.8. The zero-order valence-corrected chi connectivity index (χ0v) is 13.8. The van der Waals surface area contributed by atoms with Crippen molar-refractivity contribution >= 4 is 6.28 Å². The van der Waals surface area contributed by atoms with Gasteiger partial charge < -0.3 is 4.39 Å². The Hall–Kier alpha value is 0.0249. The summed E-state index contributed by atoms with van der Waals surface area (Å²) >= 11 is 0. The van der Waals surface area contributed by atoms with E-state index in [9.17, 15) is 0 Å². The molecule has 2 heteroatoms. The molecule has 6 saturated heterocycles. The lowest BCUT2D eigenvalue weighted by Crippen LogP contribution is -2.83. The van der Waals surface area contributed by atoms with Crippen LogP contribution in [0.15, 0.2) is 0 Å². The molecule has 8 bridgehead atoms. The molecule has 21 heavy (non-hydrogen) atoms. The molecule has 2 saturated carbocycles. The third-order valence-electron chi connectivity index (χ3n) is 10.0. The van der Waals surface area contributed by atoms with E-state index < -0.39 is 0 Å². The lowest BCUT2D eigenvalue weighted by Gasteiger charge is -2.78. The number of hydrogen-bond donors (Lipinski definition) is 0. The maximum absolute atomic E-state index is 2.70. The molecule has 0 radical (unpaired) electrons. The van der Waals surface area contributed by atoms with Crippen LogP contribution in [0.25, 0.3) is 0 Å². The van der Waals surface area contributed by atoms with Crippen molar-refractivity contribution < 1.29 is 4.39 Å². The molecule has 8 fully saturated rings. The fourth-order valence-corrected chi connectivity index (χ4v) is 10.1. The molecule has 0 aromatic rings. The Bertz CT molecular complexity index is 437. The summed E-state index contributed by atoms with van der Waals surface area (Å²) in [5, 5.41) is 0. The summed E-state index contributed by atoms with van der Waals surface area (Å²) < 4.78 is 1.70. The molecule has 0 N–H and O–H groups in total. The summed E-state index contributed by atoms with van der Waals surface area (Å²) in [6.45, 7) is 5.95. The van der Waals surface area contributed by atoms with Crippen molar-refractivity contribution in [1.82, 2.24) is 0 Å². The first-order valence-electron chi connectivity index (χ1n) is 10.2. The molecule has 0 spiro atoms. The van der Waals surface area contributed by atoms with Gasteiger partial charge in [-0.1, -0.05) is 37.0 Å². The maximum Gasteiger partial charge on any atom is 0.210 e. The number of piperidine rings is 3. The lowest BCUT2D eigenvalue weighted by molar-refractivity contribution is -0.892. The number of quaternary nitrogens is 1. The average molecular weight is 285 g/mol. The van der Waals surface area contributed by atoms with E-state index >= 15 is 0 Å². The van der Waals surface area contributed by atoms with Crippen molar-refractivity contribution in [3.05, 3.63) is 0 Å². The molecule has 0 aromatic heterocycles. The Morgan fingerprint density at radius 3 is 1.67 bits per heavy atom. The first kappa shape index (κ1) is 12.4. The first-order chi connectivity index (χ1) is 10.2. The van der Waals surface area contributed by atoms with Gasteiger partial charge in [0.25, 0.3) is 0 Å². The zero-order valence-electron chi connectivity index (χ0n) is 13.8. The largest absolute Gasteiger partial charge is 0.512 e. The van der Waals surface area contributed by atoms with Gasteiger partial charge in [0.2, 0.25) is 6.28 Å². The fourth-order valence-electron chi connectivity index (χ4n) is 10.1. The van der Waals surface area contributed by atoms with E-state index in [1.807, 2.05) is 0 Å². The highest BCUT2D eigenvalue weighted by atomic mass is 15.4. The summed E-state index contributed by atoms with van der Waals surface area (Å²) in [6.07, 6.45) is 14.8. The van der Waals surface area contributed by atoms with Crippen LogP contribution in [-0.4, -0.2) is 29.8 Å². The minimum absolute atomic E-state index is 0.0380. The van der Waals surface area contributed by atoms with Crippen LogP contribution in [0.1, 0.15) is 45.4 Å². The van der Waals surface area contributed by atoms with Crippen LogP contribution in [0.5, 0.6) is 0 Å². The highest BCUT2D eigenvalue weighted by Gasteiger charge is 2.64. The van der Waals surface area contributed by atoms with Gasteiger partial charge in [0.1, 0.15) is 0 Å². The van der Waals surface area contributed by atoms with Crippen LogP contribution in [0.4, 0.5) is 0 Å². The average Bonchev–Trinajstić information content (AvgIpc) is 2.42. The Labute approximate surface area is 130 Å². The fraction of sp³-hybridized carbons (Fsp3) is 1.00. The molecule has 5 atom stereocenters. The monoisotopic (exact) mass is 285 g/mol. The topological polar surface area (TPSA) is 0 Å². The second-order valence-electron chi connectivity index (χ2n) is 10.8. The summed E-state index contributed by atoms with van der Waals surface area (Å²) in [7, 11) is 0. The van der Waals surface area contributed by atoms with E-state index in [4.69, 9.17) is 0 Å². The van der Waals surface area contributed by atoms with Crippen LogP contribution in [-0.2, 0) is 0 Å². The summed E-state index contributed by atoms with van der Waals surface area (Å²) in [4.78, 5) is 0. The van der Waals surface area contributed by atoms with Crippen molar-refractivity contribution in [2.75, 3.05) is 13.1 Å². The van der Waals surface area contributed by atoms with E-state index in [2.05, 4.69) is 6.92 Å². The minimum Gasteiger partial charge on any atom is -0.512 e. The van der Waals surface area contributed by atoms with Crippen LogP contribution < -0.4 is 0 Å². The van der Waals surface area contributed by atoms with Gasteiger partial charge >= 0.3 is 0 Å². The minimum atomic E-state index is -0.0380. The van der Waals surface area contributed by atoms with Crippen LogP contribution in [0.2, 0.25) is 19.0 Å². The van der Waals surface area contributed by atoms with Crippen molar-refractivity contribution in [3.63, 3.8) is 0 Å². The third-order valence-corrected chi connectivity index (χ3v) is 10.0. The number of nitrogens with zero attached hydrogens (tertiary/aromatic N) is 1. The standard InChI is InChI=1S/C19H32BN/c1-13-19-6-17-5-18(7-19)12-21(13,11-17)20-8-14-2-15(9-20)4-16(3-14)10-20/h13-19H,2-12H2,1H3/t13-,14?,15?,16?,17-,18+,19?,20?,21?/m0/s1. The highest BCUT2D eigenvalue weighted by Crippen LogP contribution is 2.63. The Morgan fingerprint density at radius 2 is 1.14 bits per heavy atom. The lowest BCUT2D eigenvalue weighted by atomic mass is 9.15. The molecule has 116 valence electrons. The third kappa shape index (κ3) is 1.41. The van der Waals surface area contributed by atoms with Gasteiger partial charge in [-0.3, -0.25) is 0 Å². The van der Waals surface area contributed by atoms with Gasteiger partial charge in [-0.25, -0.2) is 0 Å². The highest BCUT2D eigenvalue weighted by molar-refractivity contribution is 6.74. The SMILES string of the molecule is C[C@H]1C2C[C@@H]3C[C@H](C2)C[N+]1([B-]12CC4CC(CC(C4)C1)C2)C3. The van der Waals surface area contributed by atoms with Gasteiger partial charge in [-0.2, -0.15) is 0 Å². The van der Waals surface area contributed by atoms with Gasteiger partial charge in [0, 0.05) is 36.9 Å². The Balaban J connectivity index is 1.47. The Morgan fingerprint density at radius 1 is 0.667 bits per heavy atom. The predicted octanol–water partition coefficient (Wildman–Crippen LogP) is 4.26. The van der Waals surface area contributed by atoms with E-state index in [1.165, 1.54) is 0 Å². The molecule has 2 unspecified atom stereocenters. The predicted molar refractivity (Wildman–Crippen MR) is 88.3 cm³/mol. The molecule has 1 nitrogen and oxygen atoms in total. The van der Waals surface area contributed by atoms with Gasteiger partial charge in [0.15, 0.2) is 0 Å². The van der Waals surface area contributed by atoms with E-state index in [1.54, 1.807) is 75.0 Å². The quantitative estimate of drug-likeness (QED) is 0.632. The first-order valence-corrected chi connectivity index (χ1v) is 10.2.